The van der Waals surface area contributed by atoms with Crippen LogP contribution in [0.3, 0.4) is 0 Å². The van der Waals surface area contributed by atoms with E-state index in [4.69, 9.17) is 5.73 Å². The Morgan fingerprint density at radius 3 is 2.60 bits per heavy atom. The third kappa shape index (κ3) is 5.56. The van der Waals surface area contributed by atoms with E-state index in [1.54, 1.807) is 16.8 Å². The molecule has 0 saturated heterocycles. The van der Waals surface area contributed by atoms with Gasteiger partial charge in [0, 0.05) is 11.8 Å². The molecule has 1 aliphatic rings. The lowest BCUT2D eigenvalue weighted by Crippen LogP contribution is -2.38. The Labute approximate surface area is 136 Å². The van der Waals surface area contributed by atoms with E-state index in [-0.39, 0.29) is 36.1 Å². The second-order valence-electron chi connectivity index (χ2n) is 5.20. The van der Waals surface area contributed by atoms with Crippen molar-refractivity contribution in [3.63, 3.8) is 0 Å². The lowest BCUT2D eigenvalue weighted by atomic mass is 9.71. The van der Waals surface area contributed by atoms with Gasteiger partial charge in [-0.25, -0.2) is 4.98 Å². The first-order chi connectivity index (χ1) is 8.74. The van der Waals surface area contributed by atoms with Crippen LogP contribution >= 0.6 is 36.2 Å². The molecule has 0 aromatic carbocycles. The zero-order valence-corrected chi connectivity index (χ0v) is 13.9. The van der Waals surface area contributed by atoms with Crippen molar-refractivity contribution in [2.75, 3.05) is 6.54 Å². The Hall–Kier alpha value is -0.360. The van der Waals surface area contributed by atoms with E-state index in [9.17, 15) is 4.79 Å². The van der Waals surface area contributed by atoms with Gasteiger partial charge in [-0.15, -0.1) is 36.2 Å². The quantitative estimate of drug-likeness (QED) is 0.866. The molecule has 116 valence electrons. The molecule has 2 rings (SSSR count). The summed E-state index contributed by atoms with van der Waals surface area (Å²) < 4.78 is 0. The maximum absolute atomic E-state index is 12.0. The van der Waals surface area contributed by atoms with Gasteiger partial charge in [-0.1, -0.05) is 19.3 Å². The summed E-state index contributed by atoms with van der Waals surface area (Å²) in [6.45, 7) is 1.15. The Kier molecular flexibility index (Phi) is 9.38. The Morgan fingerprint density at radius 2 is 2.05 bits per heavy atom. The fourth-order valence-corrected chi connectivity index (χ4v) is 3.23. The highest BCUT2D eigenvalue weighted by atomic mass is 35.5. The normalized spacial score (nSPS) is 16.6. The Morgan fingerprint density at radius 1 is 1.35 bits per heavy atom. The molecule has 1 heterocycles. The molecule has 0 spiro atoms. The number of carbonyl (C=O) groups is 1. The van der Waals surface area contributed by atoms with E-state index < -0.39 is 0 Å². The largest absolute Gasteiger partial charge is 0.350 e. The van der Waals surface area contributed by atoms with Gasteiger partial charge in [0.05, 0.1) is 17.7 Å². The molecule has 3 N–H and O–H groups in total. The van der Waals surface area contributed by atoms with Crippen LogP contribution in [-0.4, -0.2) is 17.4 Å². The van der Waals surface area contributed by atoms with Crippen molar-refractivity contribution in [1.82, 2.24) is 10.3 Å². The fraction of sp³-hybridized carbons (Fsp3) is 0.692. The van der Waals surface area contributed by atoms with Gasteiger partial charge in [0.2, 0.25) is 5.91 Å². The van der Waals surface area contributed by atoms with Crippen molar-refractivity contribution in [1.29, 1.82) is 0 Å². The van der Waals surface area contributed by atoms with Gasteiger partial charge < -0.3 is 11.1 Å². The number of hydrogen-bond donors (Lipinski definition) is 2. The molecular formula is C13H23Cl2N3OS. The number of carbonyl (C=O) groups excluding carboxylic acids is 1. The Bertz CT molecular complexity index is 381. The molecule has 4 nitrogen and oxygen atoms in total. The second kappa shape index (κ2) is 9.55. The number of aromatic nitrogens is 1. The van der Waals surface area contributed by atoms with Crippen molar-refractivity contribution in [2.24, 2.45) is 11.1 Å². The summed E-state index contributed by atoms with van der Waals surface area (Å²) in [5.74, 6) is 0.107. The van der Waals surface area contributed by atoms with E-state index in [1.165, 1.54) is 19.3 Å². The predicted molar refractivity (Wildman–Crippen MR) is 87.6 cm³/mol. The number of nitrogens with one attached hydrogen (secondary N) is 1. The van der Waals surface area contributed by atoms with Crippen LogP contribution in [-0.2, 0) is 11.3 Å². The molecular weight excluding hydrogens is 317 g/mol. The predicted octanol–water partition coefficient (Wildman–Crippen LogP) is 2.90. The third-order valence-electron chi connectivity index (χ3n) is 3.83. The van der Waals surface area contributed by atoms with Gasteiger partial charge in [0.25, 0.3) is 0 Å². The van der Waals surface area contributed by atoms with E-state index in [1.807, 2.05) is 5.38 Å². The smallest absolute Gasteiger partial charge is 0.220 e. The highest BCUT2D eigenvalue weighted by Crippen LogP contribution is 2.38. The maximum Gasteiger partial charge on any atom is 0.220 e. The first kappa shape index (κ1) is 19.6. The van der Waals surface area contributed by atoms with Crippen LogP contribution < -0.4 is 11.1 Å². The molecule has 20 heavy (non-hydrogen) atoms. The molecule has 1 saturated carbocycles. The van der Waals surface area contributed by atoms with Crippen LogP contribution in [0, 0.1) is 5.41 Å². The zero-order chi connectivity index (χ0) is 12.8. The molecule has 1 fully saturated rings. The Balaban J connectivity index is 0.00000180. The molecule has 1 aliphatic carbocycles. The number of halogens is 2. The molecule has 0 radical (unpaired) electrons. The zero-order valence-electron chi connectivity index (χ0n) is 11.5. The molecule has 0 bridgehead atoms. The van der Waals surface area contributed by atoms with Gasteiger partial charge in [0.15, 0.2) is 0 Å². The molecule has 0 atom stereocenters. The van der Waals surface area contributed by atoms with Crippen molar-refractivity contribution in [3.8, 4) is 0 Å². The van der Waals surface area contributed by atoms with Crippen LogP contribution in [0.5, 0.6) is 0 Å². The van der Waals surface area contributed by atoms with Crippen LogP contribution in [0.1, 0.15) is 44.2 Å². The van der Waals surface area contributed by atoms with E-state index in [0.29, 0.717) is 19.5 Å². The molecule has 0 unspecified atom stereocenters. The van der Waals surface area contributed by atoms with Gasteiger partial charge in [-0.2, -0.15) is 0 Å². The van der Waals surface area contributed by atoms with Crippen molar-refractivity contribution in [2.45, 2.75) is 45.1 Å². The molecule has 0 aliphatic heterocycles. The first-order valence-corrected chi connectivity index (χ1v) is 7.52. The lowest BCUT2D eigenvalue weighted by molar-refractivity contribution is -0.124. The van der Waals surface area contributed by atoms with Crippen molar-refractivity contribution >= 4 is 42.1 Å². The maximum atomic E-state index is 12.0. The minimum Gasteiger partial charge on any atom is -0.350 e. The summed E-state index contributed by atoms with van der Waals surface area (Å²) in [4.78, 5) is 16.1. The van der Waals surface area contributed by atoms with Gasteiger partial charge in [-0.3, -0.25) is 4.79 Å². The third-order valence-corrected chi connectivity index (χ3v) is 4.47. The number of rotatable bonds is 5. The molecule has 1 aromatic rings. The van der Waals surface area contributed by atoms with Gasteiger partial charge in [-0.05, 0) is 24.8 Å². The van der Waals surface area contributed by atoms with Crippen molar-refractivity contribution in [3.05, 3.63) is 16.6 Å². The van der Waals surface area contributed by atoms with Crippen LogP contribution in [0.15, 0.2) is 10.9 Å². The lowest BCUT2D eigenvalue weighted by Gasteiger charge is -2.35. The SMILES string of the molecule is Cl.Cl.NCC1(CC(=O)NCc2cscn2)CCCCC1. The highest BCUT2D eigenvalue weighted by molar-refractivity contribution is 7.07. The van der Waals surface area contributed by atoms with Crippen LogP contribution in [0.25, 0.3) is 0 Å². The molecule has 1 aromatic heterocycles. The average Bonchev–Trinajstić information content (AvgIpc) is 2.91. The first-order valence-electron chi connectivity index (χ1n) is 6.58. The summed E-state index contributed by atoms with van der Waals surface area (Å²) >= 11 is 1.55. The second-order valence-corrected chi connectivity index (χ2v) is 5.92. The number of amides is 1. The van der Waals surface area contributed by atoms with Gasteiger partial charge in [0.1, 0.15) is 0 Å². The van der Waals surface area contributed by atoms with Crippen LogP contribution in [0.4, 0.5) is 0 Å². The molecule has 1 amide bonds. The molecule has 7 heteroatoms. The number of nitrogens with two attached hydrogens (primary N) is 1. The summed E-state index contributed by atoms with van der Waals surface area (Å²) in [6, 6.07) is 0. The van der Waals surface area contributed by atoms with Crippen LogP contribution in [0.2, 0.25) is 0 Å². The monoisotopic (exact) mass is 339 g/mol. The van der Waals surface area contributed by atoms with E-state index in [2.05, 4.69) is 10.3 Å². The summed E-state index contributed by atoms with van der Waals surface area (Å²) in [7, 11) is 0. The van der Waals surface area contributed by atoms with E-state index in [0.717, 1.165) is 18.5 Å². The standard InChI is InChI=1S/C13H21N3OS.2ClH/c14-9-13(4-2-1-3-5-13)6-12(17)15-7-11-8-18-10-16-11;;/h8,10H,1-7,9,14H2,(H,15,17);2*1H. The number of nitrogens with zero attached hydrogens (tertiary/aromatic N) is 1. The highest BCUT2D eigenvalue weighted by Gasteiger charge is 2.32. The number of hydrogen-bond acceptors (Lipinski definition) is 4. The number of thiazole rings is 1. The topological polar surface area (TPSA) is 68.0 Å². The minimum absolute atomic E-state index is 0. The summed E-state index contributed by atoms with van der Waals surface area (Å²) in [6.07, 6.45) is 6.43. The van der Waals surface area contributed by atoms with Gasteiger partial charge >= 0.3 is 0 Å². The van der Waals surface area contributed by atoms with Crippen molar-refractivity contribution < 1.29 is 4.79 Å². The summed E-state index contributed by atoms with van der Waals surface area (Å²) in [5.41, 5.74) is 8.64. The average molecular weight is 340 g/mol. The fourth-order valence-electron chi connectivity index (χ4n) is 2.67. The van der Waals surface area contributed by atoms with E-state index >= 15 is 0 Å². The minimum atomic E-state index is 0. The summed E-state index contributed by atoms with van der Waals surface area (Å²) in [5, 5.41) is 4.90.